The van der Waals surface area contributed by atoms with Crippen molar-refractivity contribution in [3.63, 3.8) is 0 Å². The topological polar surface area (TPSA) is 32.3 Å². The van der Waals surface area contributed by atoms with Gasteiger partial charge in [-0.15, -0.1) is 0 Å². The fourth-order valence-corrected chi connectivity index (χ4v) is 1.60. The van der Waals surface area contributed by atoms with Crippen molar-refractivity contribution in [3.05, 3.63) is 0 Å². The van der Waals surface area contributed by atoms with Crippen molar-refractivity contribution < 1.29 is 5.11 Å². The molecule has 1 aliphatic carbocycles. The van der Waals surface area contributed by atoms with E-state index in [0.717, 1.165) is 19.3 Å². The SMILES string of the molecule is CN[C@@H]1CCC[C@]1(C)O. The van der Waals surface area contributed by atoms with Crippen LogP contribution in [0, 0.1) is 0 Å². The summed E-state index contributed by atoms with van der Waals surface area (Å²) in [5, 5.41) is 12.7. The second kappa shape index (κ2) is 2.27. The summed E-state index contributed by atoms with van der Waals surface area (Å²) >= 11 is 0. The highest BCUT2D eigenvalue weighted by Crippen LogP contribution is 2.28. The normalized spacial score (nSPS) is 43.7. The molecule has 1 rings (SSSR count). The van der Waals surface area contributed by atoms with Gasteiger partial charge in [-0.25, -0.2) is 0 Å². The van der Waals surface area contributed by atoms with E-state index in [1.165, 1.54) is 0 Å². The van der Waals surface area contributed by atoms with Gasteiger partial charge in [-0.05, 0) is 33.2 Å². The molecule has 0 aromatic rings. The van der Waals surface area contributed by atoms with Crippen LogP contribution in [0.1, 0.15) is 26.2 Å². The molecule has 0 heterocycles. The van der Waals surface area contributed by atoms with Crippen molar-refractivity contribution in [3.8, 4) is 0 Å². The van der Waals surface area contributed by atoms with Crippen molar-refractivity contribution in [1.82, 2.24) is 5.32 Å². The highest BCUT2D eigenvalue weighted by Gasteiger charge is 2.35. The highest BCUT2D eigenvalue weighted by atomic mass is 16.3. The molecule has 2 atom stereocenters. The number of aliphatic hydroxyl groups is 1. The lowest BCUT2D eigenvalue weighted by molar-refractivity contribution is 0.0419. The molecule has 0 saturated heterocycles. The van der Waals surface area contributed by atoms with E-state index in [9.17, 15) is 5.11 Å². The minimum absolute atomic E-state index is 0.317. The lowest BCUT2D eigenvalue weighted by Crippen LogP contribution is -2.42. The van der Waals surface area contributed by atoms with Crippen LogP contribution in [0.2, 0.25) is 0 Å². The number of hydrogen-bond acceptors (Lipinski definition) is 2. The van der Waals surface area contributed by atoms with E-state index in [1.54, 1.807) is 0 Å². The number of hydrogen-bond donors (Lipinski definition) is 2. The Morgan fingerprint density at radius 1 is 1.67 bits per heavy atom. The molecule has 1 aliphatic rings. The number of rotatable bonds is 1. The van der Waals surface area contributed by atoms with Gasteiger partial charge in [0.1, 0.15) is 0 Å². The van der Waals surface area contributed by atoms with Gasteiger partial charge in [0.2, 0.25) is 0 Å². The monoisotopic (exact) mass is 129 g/mol. The maximum atomic E-state index is 9.59. The van der Waals surface area contributed by atoms with E-state index in [1.807, 2.05) is 14.0 Å². The lowest BCUT2D eigenvalue weighted by Gasteiger charge is -2.24. The van der Waals surface area contributed by atoms with Crippen molar-refractivity contribution >= 4 is 0 Å². The van der Waals surface area contributed by atoms with E-state index < -0.39 is 5.60 Å². The molecule has 2 nitrogen and oxygen atoms in total. The molecular weight excluding hydrogens is 114 g/mol. The van der Waals surface area contributed by atoms with Gasteiger partial charge < -0.3 is 10.4 Å². The van der Waals surface area contributed by atoms with Gasteiger partial charge in [-0.3, -0.25) is 0 Å². The fourth-order valence-electron chi connectivity index (χ4n) is 1.60. The van der Waals surface area contributed by atoms with Gasteiger partial charge in [0.15, 0.2) is 0 Å². The van der Waals surface area contributed by atoms with Crippen LogP contribution in [0.4, 0.5) is 0 Å². The third-order valence-electron chi connectivity index (χ3n) is 2.27. The number of likely N-dealkylation sites (N-methyl/N-ethyl adjacent to an activating group) is 1. The lowest BCUT2D eigenvalue weighted by atomic mass is 10.0. The van der Waals surface area contributed by atoms with Crippen LogP contribution in [-0.4, -0.2) is 23.8 Å². The molecule has 2 N–H and O–H groups in total. The predicted octanol–water partition coefficient (Wildman–Crippen LogP) is 0.509. The summed E-state index contributed by atoms with van der Waals surface area (Å²) in [7, 11) is 1.91. The van der Waals surface area contributed by atoms with Gasteiger partial charge in [0, 0.05) is 6.04 Å². The summed E-state index contributed by atoms with van der Waals surface area (Å²) in [4.78, 5) is 0. The van der Waals surface area contributed by atoms with E-state index in [0.29, 0.717) is 6.04 Å². The van der Waals surface area contributed by atoms with Gasteiger partial charge in [-0.2, -0.15) is 0 Å². The van der Waals surface area contributed by atoms with E-state index >= 15 is 0 Å². The highest BCUT2D eigenvalue weighted by molar-refractivity contribution is 4.92. The Hall–Kier alpha value is -0.0800. The Morgan fingerprint density at radius 2 is 2.33 bits per heavy atom. The first-order chi connectivity index (χ1) is 4.17. The van der Waals surface area contributed by atoms with Crippen LogP contribution in [0.5, 0.6) is 0 Å². The Morgan fingerprint density at radius 3 is 2.56 bits per heavy atom. The van der Waals surface area contributed by atoms with Crippen molar-refractivity contribution in [2.75, 3.05) is 7.05 Å². The molecule has 54 valence electrons. The molecule has 2 heteroatoms. The third kappa shape index (κ3) is 1.25. The first-order valence-electron chi connectivity index (χ1n) is 3.56. The van der Waals surface area contributed by atoms with Crippen LogP contribution in [0.25, 0.3) is 0 Å². The average Bonchev–Trinajstić information content (AvgIpc) is 2.08. The summed E-state index contributed by atoms with van der Waals surface area (Å²) < 4.78 is 0. The van der Waals surface area contributed by atoms with Gasteiger partial charge in [0.05, 0.1) is 5.60 Å². The summed E-state index contributed by atoms with van der Waals surface area (Å²) in [5.41, 5.74) is -0.450. The second-order valence-electron chi connectivity index (χ2n) is 3.09. The molecule has 0 radical (unpaired) electrons. The van der Waals surface area contributed by atoms with Gasteiger partial charge in [-0.1, -0.05) is 0 Å². The Labute approximate surface area is 56.3 Å². The van der Waals surface area contributed by atoms with E-state index in [2.05, 4.69) is 5.32 Å². The maximum absolute atomic E-state index is 9.59. The Bertz CT molecular complexity index is 101. The summed E-state index contributed by atoms with van der Waals surface area (Å²) in [6.45, 7) is 1.90. The smallest absolute Gasteiger partial charge is 0.0771 e. The van der Waals surface area contributed by atoms with E-state index in [4.69, 9.17) is 0 Å². The minimum Gasteiger partial charge on any atom is -0.389 e. The van der Waals surface area contributed by atoms with Gasteiger partial charge >= 0.3 is 0 Å². The van der Waals surface area contributed by atoms with E-state index in [-0.39, 0.29) is 0 Å². The van der Waals surface area contributed by atoms with Crippen molar-refractivity contribution in [1.29, 1.82) is 0 Å². The standard InChI is InChI=1S/C7H15NO/c1-7(9)5-3-4-6(7)8-2/h6,8-9H,3-5H2,1-2H3/t6-,7+/m1/s1. The zero-order valence-corrected chi connectivity index (χ0v) is 6.15. The first kappa shape index (κ1) is 7.03. The van der Waals surface area contributed by atoms with Gasteiger partial charge in [0.25, 0.3) is 0 Å². The average molecular weight is 129 g/mol. The molecule has 1 fully saturated rings. The predicted molar refractivity (Wildman–Crippen MR) is 37.3 cm³/mol. The van der Waals surface area contributed by atoms with Crippen LogP contribution in [-0.2, 0) is 0 Å². The largest absolute Gasteiger partial charge is 0.389 e. The molecule has 1 saturated carbocycles. The second-order valence-corrected chi connectivity index (χ2v) is 3.09. The molecule has 9 heavy (non-hydrogen) atoms. The molecule has 0 aromatic heterocycles. The molecule has 0 unspecified atom stereocenters. The maximum Gasteiger partial charge on any atom is 0.0771 e. The molecular formula is C7H15NO. The Balaban J connectivity index is 2.52. The van der Waals surface area contributed by atoms with Crippen molar-refractivity contribution in [2.45, 2.75) is 37.8 Å². The summed E-state index contributed by atoms with van der Waals surface area (Å²) in [6, 6.07) is 0.317. The molecule has 0 bridgehead atoms. The zero-order valence-electron chi connectivity index (χ0n) is 6.15. The van der Waals surface area contributed by atoms with Crippen molar-refractivity contribution in [2.24, 2.45) is 0 Å². The minimum atomic E-state index is -0.450. The third-order valence-corrected chi connectivity index (χ3v) is 2.27. The first-order valence-corrected chi connectivity index (χ1v) is 3.56. The molecule has 0 aliphatic heterocycles. The van der Waals surface area contributed by atoms with Crippen LogP contribution >= 0.6 is 0 Å². The zero-order chi connectivity index (χ0) is 6.91. The molecule has 0 amide bonds. The summed E-state index contributed by atoms with van der Waals surface area (Å²) in [6.07, 6.45) is 3.21. The Kier molecular flexibility index (Phi) is 1.78. The fraction of sp³-hybridized carbons (Fsp3) is 1.00. The molecule has 0 spiro atoms. The quantitative estimate of drug-likeness (QED) is 0.540. The van der Waals surface area contributed by atoms with Crippen LogP contribution in [0.15, 0.2) is 0 Å². The van der Waals surface area contributed by atoms with Crippen LogP contribution < -0.4 is 5.32 Å². The van der Waals surface area contributed by atoms with Crippen LogP contribution in [0.3, 0.4) is 0 Å². The summed E-state index contributed by atoms with van der Waals surface area (Å²) in [5.74, 6) is 0. The molecule has 0 aromatic carbocycles. The number of nitrogens with one attached hydrogen (secondary N) is 1.